The Morgan fingerprint density at radius 2 is 2.06 bits per heavy atom. The second-order valence-electron chi connectivity index (χ2n) is 3.22. The maximum absolute atomic E-state index is 12.6. The van der Waals surface area contributed by atoms with Crippen LogP contribution in [-0.4, -0.2) is 18.9 Å². The number of anilines is 1. The second kappa shape index (κ2) is 5.36. The Morgan fingerprint density at radius 3 is 2.53 bits per heavy atom. The summed E-state index contributed by atoms with van der Waals surface area (Å²) in [6.45, 7) is -1.16. The molecule has 0 aliphatic carbocycles. The van der Waals surface area contributed by atoms with Gasteiger partial charge in [-0.1, -0.05) is 0 Å². The molecule has 0 aromatic heterocycles. The Bertz CT molecular complexity index is 442. The summed E-state index contributed by atoms with van der Waals surface area (Å²) in [4.78, 5) is 0. The van der Waals surface area contributed by atoms with Crippen LogP contribution in [0.25, 0.3) is 0 Å². The predicted molar refractivity (Wildman–Crippen MR) is 58.3 cm³/mol. The van der Waals surface area contributed by atoms with Crippen molar-refractivity contribution in [3.63, 3.8) is 0 Å². The summed E-state index contributed by atoms with van der Waals surface area (Å²) in [7, 11) is 0. The van der Waals surface area contributed by atoms with Crippen molar-refractivity contribution in [1.29, 1.82) is 5.26 Å². The number of alkyl halides is 4. The number of rotatable bonds is 4. The molecule has 0 saturated heterocycles. The van der Waals surface area contributed by atoms with Gasteiger partial charge in [0, 0.05) is 10.2 Å². The molecule has 1 aromatic rings. The standard InChI is InChI=1S/C10H7BrF4N2/c11-8-3-7(2-1-6(8)4-16)17-5-10(14,15)9(12)13/h1-3,9,17H,5H2. The fourth-order valence-corrected chi connectivity index (χ4v) is 1.48. The lowest BCUT2D eigenvalue weighted by atomic mass is 10.2. The van der Waals surface area contributed by atoms with Gasteiger partial charge in [0.05, 0.1) is 12.1 Å². The molecule has 0 radical (unpaired) electrons. The Labute approximate surface area is 103 Å². The van der Waals surface area contributed by atoms with E-state index in [4.69, 9.17) is 5.26 Å². The molecule has 17 heavy (non-hydrogen) atoms. The maximum Gasteiger partial charge on any atom is 0.324 e. The Morgan fingerprint density at radius 1 is 1.41 bits per heavy atom. The zero-order chi connectivity index (χ0) is 13.1. The Balaban J connectivity index is 2.72. The number of halogens is 5. The third-order valence-electron chi connectivity index (χ3n) is 1.94. The zero-order valence-corrected chi connectivity index (χ0v) is 9.94. The van der Waals surface area contributed by atoms with Gasteiger partial charge in [-0.3, -0.25) is 0 Å². The van der Waals surface area contributed by atoms with Crippen molar-refractivity contribution in [2.45, 2.75) is 12.3 Å². The minimum atomic E-state index is -4.08. The zero-order valence-electron chi connectivity index (χ0n) is 8.35. The van der Waals surface area contributed by atoms with E-state index in [1.54, 1.807) is 0 Å². The van der Waals surface area contributed by atoms with Crippen molar-refractivity contribution in [3.05, 3.63) is 28.2 Å². The summed E-state index contributed by atoms with van der Waals surface area (Å²) in [6, 6.07) is 6.01. The number of nitrogens with zero attached hydrogens (tertiary/aromatic N) is 1. The van der Waals surface area contributed by atoms with Gasteiger partial charge in [0.15, 0.2) is 0 Å². The summed E-state index contributed by atoms with van der Waals surface area (Å²) < 4.78 is 49.4. The van der Waals surface area contributed by atoms with Crippen molar-refractivity contribution in [2.24, 2.45) is 0 Å². The topological polar surface area (TPSA) is 35.8 Å². The van der Waals surface area contributed by atoms with Crippen LogP contribution in [0.2, 0.25) is 0 Å². The molecule has 7 heteroatoms. The summed E-state index contributed by atoms with van der Waals surface area (Å²) in [5, 5.41) is 10.8. The monoisotopic (exact) mass is 310 g/mol. The van der Waals surface area contributed by atoms with E-state index in [0.29, 0.717) is 10.0 Å². The van der Waals surface area contributed by atoms with Gasteiger partial charge in [-0.15, -0.1) is 0 Å². The molecule has 0 heterocycles. The largest absolute Gasteiger partial charge is 0.379 e. The van der Waals surface area contributed by atoms with Crippen molar-refractivity contribution in [1.82, 2.24) is 0 Å². The quantitative estimate of drug-likeness (QED) is 0.862. The van der Waals surface area contributed by atoms with Gasteiger partial charge in [-0.05, 0) is 34.1 Å². The molecule has 0 fully saturated rings. The lowest BCUT2D eigenvalue weighted by molar-refractivity contribution is -0.117. The number of hydrogen-bond donors (Lipinski definition) is 1. The van der Waals surface area contributed by atoms with Crippen LogP contribution in [0.15, 0.2) is 22.7 Å². The van der Waals surface area contributed by atoms with Crippen molar-refractivity contribution < 1.29 is 17.6 Å². The number of nitrogens with one attached hydrogen (secondary N) is 1. The highest BCUT2D eigenvalue weighted by molar-refractivity contribution is 9.10. The average molecular weight is 311 g/mol. The minimum Gasteiger partial charge on any atom is -0.379 e. The fraction of sp³-hybridized carbons (Fsp3) is 0.300. The first-order valence-electron chi connectivity index (χ1n) is 4.46. The van der Waals surface area contributed by atoms with E-state index < -0.39 is 18.9 Å². The van der Waals surface area contributed by atoms with E-state index in [1.807, 2.05) is 6.07 Å². The molecule has 1 aromatic carbocycles. The van der Waals surface area contributed by atoms with Crippen LogP contribution >= 0.6 is 15.9 Å². The van der Waals surface area contributed by atoms with Crippen LogP contribution in [0.1, 0.15) is 5.56 Å². The molecule has 0 atom stereocenters. The number of benzene rings is 1. The highest BCUT2D eigenvalue weighted by Crippen LogP contribution is 2.25. The molecule has 0 bridgehead atoms. The SMILES string of the molecule is N#Cc1ccc(NCC(F)(F)C(F)F)cc1Br. The molecule has 1 rings (SSSR count). The normalized spacial score (nSPS) is 11.4. The van der Waals surface area contributed by atoms with Crippen molar-refractivity contribution in [3.8, 4) is 6.07 Å². The smallest absolute Gasteiger partial charge is 0.324 e. The summed E-state index contributed by atoms with van der Waals surface area (Å²) >= 11 is 3.06. The van der Waals surface area contributed by atoms with Crippen molar-refractivity contribution >= 4 is 21.6 Å². The Kier molecular flexibility index (Phi) is 4.34. The first-order valence-corrected chi connectivity index (χ1v) is 5.25. The van der Waals surface area contributed by atoms with E-state index in [-0.39, 0.29) is 5.69 Å². The van der Waals surface area contributed by atoms with E-state index in [2.05, 4.69) is 21.2 Å². The molecule has 92 valence electrons. The molecular weight excluding hydrogens is 304 g/mol. The van der Waals surface area contributed by atoms with Gasteiger partial charge in [0.2, 0.25) is 0 Å². The molecule has 0 aliphatic rings. The van der Waals surface area contributed by atoms with Gasteiger partial charge in [-0.25, -0.2) is 8.78 Å². The molecule has 0 aliphatic heterocycles. The summed E-state index contributed by atoms with van der Waals surface area (Å²) in [5.41, 5.74) is 0.562. The molecule has 1 N–H and O–H groups in total. The predicted octanol–water partition coefficient (Wildman–Crippen LogP) is 3.63. The minimum absolute atomic E-state index is 0.233. The van der Waals surface area contributed by atoms with Gasteiger partial charge in [0.25, 0.3) is 0 Å². The van der Waals surface area contributed by atoms with E-state index in [1.165, 1.54) is 18.2 Å². The van der Waals surface area contributed by atoms with Gasteiger partial charge >= 0.3 is 12.3 Å². The summed E-state index contributed by atoms with van der Waals surface area (Å²) in [5.74, 6) is -4.08. The Hall–Kier alpha value is -1.29. The first kappa shape index (κ1) is 13.8. The molecule has 0 spiro atoms. The molecule has 0 unspecified atom stereocenters. The van der Waals surface area contributed by atoms with Crippen LogP contribution < -0.4 is 5.32 Å². The van der Waals surface area contributed by atoms with Crippen LogP contribution in [0.4, 0.5) is 23.2 Å². The van der Waals surface area contributed by atoms with E-state index >= 15 is 0 Å². The van der Waals surface area contributed by atoms with Gasteiger partial charge < -0.3 is 5.32 Å². The second-order valence-corrected chi connectivity index (χ2v) is 4.08. The summed E-state index contributed by atoms with van der Waals surface area (Å²) in [6.07, 6.45) is -3.71. The number of hydrogen-bond acceptors (Lipinski definition) is 2. The molecule has 0 amide bonds. The first-order chi connectivity index (χ1) is 7.86. The molecular formula is C10H7BrF4N2. The van der Waals surface area contributed by atoms with Gasteiger partial charge in [0.1, 0.15) is 6.07 Å². The molecule has 2 nitrogen and oxygen atoms in total. The third-order valence-corrected chi connectivity index (χ3v) is 2.59. The third kappa shape index (κ3) is 3.60. The highest BCUT2D eigenvalue weighted by atomic mass is 79.9. The van der Waals surface area contributed by atoms with Crippen LogP contribution in [-0.2, 0) is 0 Å². The van der Waals surface area contributed by atoms with E-state index in [9.17, 15) is 17.6 Å². The van der Waals surface area contributed by atoms with Crippen LogP contribution in [0.3, 0.4) is 0 Å². The molecule has 0 saturated carbocycles. The van der Waals surface area contributed by atoms with Gasteiger partial charge in [-0.2, -0.15) is 14.0 Å². The maximum atomic E-state index is 12.6. The lowest BCUT2D eigenvalue weighted by Gasteiger charge is -2.16. The van der Waals surface area contributed by atoms with Crippen LogP contribution in [0.5, 0.6) is 0 Å². The highest BCUT2D eigenvalue weighted by Gasteiger charge is 2.40. The van der Waals surface area contributed by atoms with Crippen molar-refractivity contribution in [2.75, 3.05) is 11.9 Å². The number of nitriles is 1. The average Bonchev–Trinajstić information content (AvgIpc) is 2.26. The fourth-order valence-electron chi connectivity index (χ4n) is 1.01. The van der Waals surface area contributed by atoms with E-state index in [0.717, 1.165) is 0 Å². The van der Waals surface area contributed by atoms with Crippen LogP contribution in [0, 0.1) is 11.3 Å². The lowest BCUT2D eigenvalue weighted by Crippen LogP contribution is -2.34.